The third kappa shape index (κ3) is 6.47. The molecule has 0 nitrogen and oxygen atoms in total. The highest BCUT2D eigenvalue weighted by Gasteiger charge is 1.85. The van der Waals surface area contributed by atoms with Crippen LogP contribution in [-0.2, 0) is 0 Å². The zero-order valence-electron chi connectivity index (χ0n) is 8.78. The lowest BCUT2D eigenvalue weighted by Crippen LogP contribution is -1.75. The molecule has 0 amide bonds. The van der Waals surface area contributed by atoms with Gasteiger partial charge in [0, 0.05) is 0 Å². The van der Waals surface area contributed by atoms with Crippen molar-refractivity contribution in [2.75, 3.05) is 0 Å². The van der Waals surface area contributed by atoms with Crippen LogP contribution in [-0.4, -0.2) is 0 Å². The maximum Gasteiger partial charge on any atom is -0.0160 e. The van der Waals surface area contributed by atoms with E-state index in [2.05, 4.69) is 36.5 Å². The Morgan fingerprint density at radius 3 is 2.57 bits per heavy atom. The Morgan fingerprint density at radius 1 is 0.786 bits per heavy atom. The Hall–Kier alpha value is -1.04. The van der Waals surface area contributed by atoms with E-state index < -0.39 is 0 Å². The molecule has 0 aromatic heterocycles. The first kappa shape index (κ1) is 11.0. The molecule has 0 aromatic carbocycles. The summed E-state index contributed by atoms with van der Waals surface area (Å²) in [6.07, 6.45) is 25.5. The second-order valence-corrected chi connectivity index (χ2v) is 3.50. The molecule has 0 aliphatic heterocycles. The lowest BCUT2D eigenvalue weighted by Gasteiger charge is -1.94. The third-order valence-electron chi connectivity index (χ3n) is 2.22. The van der Waals surface area contributed by atoms with Crippen molar-refractivity contribution in [2.24, 2.45) is 0 Å². The molecule has 1 rings (SSSR count). The standard InChI is InChI=1S/C14H19/c1-2-4-6-8-10-12-14-13-11-9-7-5-3-1/h1-4,8,12,14H,5,7,9-11,13H2/b3-1-,4-2-,8-6?,14-12+. The first-order valence-electron chi connectivity index (χ1n) is 5.54. The van der Waals surface area contributed by atoms with Crippen molar-refractivity contribution < 1.29 is 0 Å². The van der Waals surface area contributed by atoms with Crippen LogP contribution in [0.4, 0.5) is 0 Å². The molecular weight excluding hydrogens is 168 g/mol. The Balaban J connectivity index is 2.36. The van der Waals surface area contributed by atoms with E-state index in [4.69, 9.17) is 0 Å². The van der Waals surface area contributed by atoms with E-state index in [1.807, 2.05) is 12.2 Å². The van der Waals surface area contributed by atoms with Gasteiger partial charge >= 0.3 is 0 Å². The van der Waals surface area contributed by atoms with Crippen molar-refractivity contribution in [3.05, 3.63) is 48.6 Å². The van der Waals surface area contributed by atoms with Crippen LogP contribution in [0, 0.1) is 6.08 Å². The average molecular weight is 187 g/mol. The summed E-state index contributed by atoms with van der Waals surface area (Å²) in [6, 6.07) is 0. The Kier molecular flexibility index (Phi) is 6.74. The van der Waals surface area contributed by atoms with Crippen LogP contribution >= 0.6 is 0 Å². The molecular formula is C14H19. The molecule has 0 aromatic rings. The summed E-state index contributed by atoms with van der Waals surface area (Å²) in [5.41, 5.74) is 0. The predicted molar refractivity (Wildman–Crippen MR) is 62.9 cm³/mol. The Bertz CT molecular complexity index is 228. The number of hydrogen-bond acceptors (Lipinski definition) is 0. The molecule has 14 heavy (non-hydrogen) atoms. The van der Waals surface area contributed by atoms with E-state index in [1.54, 1.807) is 0 Å². The van der Waals surface area contributed by atoms with Gasteiger partial charge in [-0.25, -0.2) is 0 Å². The number of allylic oxidation sites excluding steroid dienone is 8. The summed E-state index contributed by atoms with van der Waals surface area (Å²) in [5.74, 6) is 0. The van der Waals surface area contributed by atoms with E-state index in [0.29, 0.717) is 0 Å². The van der Waals surface area contributed by atoms with Crippen LogP contribution in [0.1, 0.15) is 38.5 Å². The smallest absolute Gasteiger partial charge is 0.0160 e. The molecule has 0 spiro atoms. The summed E-state index contributed by atoms with van der Waals surface area (Å²) >= 11 is 0. The number of rotatable bonds is 0. The fourth-order valence-corrected chi connectivity index (χ4v) is 1.41. The molecule has 0 heteroatoms. The van der Waals surface area contributed by atoms with Gasteiger partial charge in [0.2, 0.25) is 0 Å². The molecule has 0 saturated heterocycles. The molecule has 0 saturated carbocycles. The van der Waals surface area contributed by atoms with E-state index in [0.717, 1.165) is 6.42 Å². The van der Waals surface area contributed by atoms with Gasteiger partial charge in [-0.3, -0.25) is 0 Å². The minimum atomic E-state index is 1.01. The summed E-state index contributed by atoms with van der Waals surface area (Å²) < 4.78 is 0. The Morgan fingerprint density at radius 2 is 1.64 bits per heavy atom. The van der Waals surface area contributed by atoms with Crippen LogP contribution < -0.4 is 0 Å². The topological polar surface area (TPSA) is 0 Å². The van der Waals surface area contributed by atoms with Gasteiger partial charge in [0.25, 0.3) is 0 Å². The molecule has 0 bridgehead atoms. The van der Waals surface area contributed by atoms with Crippen LogP contribution in [0.2, 0.25) is 0 Å². The van der Waals surface area contributed by atoms with E-state index >= 15 is 0 Å². The summed E-state index contributed by atoms with van der Waals surface area (Å²) in [5, 5.41) is 0. The third-order valence-corrected chi connectivity index (χ3v) is 2.22. The van der Waals surface area contributed by atoms with Crippen LogP contribution in [0.5, 0.6) is 0 Å². The average Bonchev–Trinajstić information content (AvgIpc) is 2.22. The van der Waals surface area contributed by atoms with Gasteiger partial charge in [-0.1, -0.05) is 49.0 Å². The van der Waals surface area contributed by atoms with Crippen LogP contribution in [0.15, 0.2) is 42.5 Å². The van der Waals surface area contributed by atoms with E-state index in [1.165, 1.54) is 32.1 Å². The summed E-state index contributed by atoms with van der Waals surface area (Å²) in [4.78, 5) is 0. The van der Waals surface area contributed by atoms with Crippen molar-refractivity contribution in [2.45, 2.75) is 38.5 Å². The van der Waals surface area contributed by atoms with Crippen LogP contribution in [0.25, 0.3) is 0 Å². The van der Waals surface area contributed by atoms with Crippen LogP contribution in [0.3, 0.4) is 0 Å². The van der Waals surface area contributed by atoms with Gasteiger partial charge in [-0.2, -0.15) is 0 Å². The highest BCUT2D eigenvalue weighted by molar-refractivity contribution is 5.08. The quantitative estimate of drug-likeness (QED) is 0.494. The van der Waals surface area contributed by atoms with Gasteiger partial charge in [0.05, 0.1) is 0 Å². The van der Waals surface area contributed by atoms with Gasteiger partial charge in [0.15, 0.2) is 0 Å². The molecule has 1 radical (unpaired) electrons. The zero-order valence-corrected chi connectivity index (χ0v) is 8.78. The molecule has 75 valence electrons. The summed E-state index contributed by atoms with van der Waals surface area (Å²) in [6.45, 7) is 0. The molecule has 1 aliphatic carbocycles. The minimum Gasteiger partial charge on any atom is -0.0882 e. The zero-order chi connectivity index (χ0) is 9.90. The predicted octanol–water partition coefficient (Wildman–Crippen LogP) is 4.37. The highest BCUT2D eigenvalue weighted by Crippen LogP contribution is 2.05. The monoisotopic (exact) mass is 187 g/mol. The normalized spacial score (nSPS) is 28.6. The Labute approximate surface area is 87.7 Å². The van der Waals surface area contributed by atoms with E-state index in [-0.39, 0.29) is 0 Å². The second kappa shape index (κ2) is 8.55. The van der Waals surface area contributed by atoms with Crippen molar-refractivity contribution >= 4 is 0 Å². The van der Waals surface area contributed by atoms with Gasteiger partial charge in [-0.15, -0.1) is 0 Å². The minimum absolute atomic E-state index is 1.01. The fourth-order valence-electron chi connectivity index (χ4n) is 1.41. The SMILES string of the molecule is [C]1=C\C/C=C/CCCCC\C=C/C=C\1. The van der Waals surface area contributed by atoms with Crippen molar-refractivity contribution in [1.82, 2.24) is 0 Å². The molecule has 0 atom stereocenters. The molecule has 1 aliphatic rings. The molecule has 0 N–H and O–H groups in total. The van der Waals surface area contributed by atoms with Crippen molar-refractivity contribution in [1.29, 1.82) is 0 Å². The summed E-state index contributed by atoms with van der Waals surface area (Å²) in [7, 11) is 0. The van der Waals surface area contributed by atoms with Gasteiger partial charge in [-0.05, 0) is 38.2 Å². The molecule has 0 unspecified atom stereocenters. The maximum atomic E-state index is 3.13. The largest absolute Gasteiger partial charge is 0.0882 e. The lowest BCUT2D eigenvalue weighted by atomic mass is 10.1. The molecule has 0 heterocycles. The first-order valence-corrected chi connectivity index (χ1v) is 5.54. The van der Waals surface area contributed by atoms with Gasteiger partial charge in [0.1, 0.15) is 0 Å². The molecule has 0 fully saturated rings. The number of hydrogen-bond donors (Lipinski definition) is 0. The first-order chi connectivity index (χ1) is 7.00. The highest BCUT2D eigenvalue weighted by atomic mass is 13.9. The van der Waals surface area contributed by atoms with Gasteiger partial charge < -0.3 is 0 Å². The van der Waals surface area contributed by atoms with Crippen molar-refractivity contribution in [3.8, 4) is 0 Å². The second-order valence-electron chi connectivity index (χ2n) is 3.50. The maximum absolute atomic E-state index is 3.13. The van der Waals surface area contributed by atoms with E-state index in [9.17, 15) is 0 Å². The fraction of sp³-hybridized carbons (Fsp3) is 0.429. The van der Waals surface area contributed by atoms with Crippen molar-refractivity contribution in [3.63, 3.8) is 0 Å². The lowest BCUT2D eigenvalue weighted by molar-refractivity contribution is 0.695.